The van der Waals surface area contributed by atoms with Gasteiger partial charge >= 0.3 is 5.97 Å². The maximum atomic E-state index is 11.3. The number of carbonyl (C=O) groups is 1. The number of carbonyl (C=O) groups excluding carboxylic acids is 1. The summed E-state index contributed by atoms with van der Waals surface area (Å²) in [6.07, 6.45) is 0.952. The number of nitrogens with one attached hydrogen (secondary N) is 2. The normalized spacial score (nSPS) is 10.6. The van der Waals surface area contributed by atoms with Gasteiger partial charge in [0.1, 0.15) is 17.2 Å². The third-order valence-electron chi connectivity index (χ3n) is 2.75. The predicted molar refractivity (Wildman–Crippen MR) is 81.5 cm³/mol. The Hall–Kier alpha value is -1.89. The van der Waals surface area contributed by atoms with Gasteiger partial charge in [-0.1, -0.05) is 6.92 Å². The average molecular weight is 294 g/mol. The van der Waals surface area contributed by atoms with Gasteiger partial charge in [0, 0.05) is 11.4 Å². The van der Waals surface area contributed by atoms with E-state index in [0.717, 1.165) is 23.2 Å². The highest BCUT2D eigenvalue weighted by Crippen LogP contribution is 2.30. The molecule has 0 saturated carbocycles. The second-order valence-electron chi connectivity index (χ2n) is 4.14. The number of anilines is 2. The maximum Gasteiger partial charge on any atom is 0.325 e. The molecule has 2 rings (SSSR count). The lowest BCUT2D eigenvalue weighted by atomic mass is 10.3. The molecule has 2 aromatic rings. The minimum Gasteiger partial charge on any atom is -0.468 e. The lowest BCUT2D eigenvalue weighted by Crippen LogP contribution is -2.16. The van der Waals surface area contributed by atoms with Crippen LogP contribution in [0.5, 0.6) is 0 Å². The number of thiophene rings is 1. The lowest BCUT2D eigenvalue weighted by molar-refractivity contribution is -0.138. The zero-order valence-corrected chi connectivity index (χ0v) is 12.6. The van der Waals surface area contributed by atoms with Crippen molar-refractivity contribution in [3.05, 3.63) is 10.9 Å². The average Bonchev–Trinajstić information content (AvgIpc) is 2.87. The molecule has 2 aromatic heterocycles. The van der Waals surface area contributed by atoms with Crippen molar-refractivity contribution in [3.63, 3.8) is 0 Å². The number of fused-ring (bicyclic) bond motifs is 1. The van der Waals surface area contributed by atoms with Crippen LogP contribution in [0.1, 0.15) is 18.7 Å². The van der Waals surface area contributed by atoms with Crippen LogP contribution >= 0.6 is 11.3 Å². The summed E-state index contributed by atoms with van der Waals surface area (Å²) in [5.74, 6) is 0.900. The SMILES string of the molecule is CCNc1nc(NCC(=O)OC)c2cc(CC)sc2n1. The Balaban J connectivity index is 2.37. The van der Waals surface area contributed by atoms with Crippen molar-refractivity contribution >= 4 is 39.3 Å². The molecule has 108 valence electrons. The third-order valence-corrected chi connectivity index (χ3v) is 3.93. The van der Waals surface area contributed by atoms with Crippen LogP contribution in [0, 0.1) is 0 Å². The third kappa shape index (κ3) is 3.16. The lowest BCUT2D eigenvalue weighted by Gasteiger charge is -2.08. The molecule has 0 amide bonds. The Labute approximate surface area is 121 Å². The zero-order valence-electron chi connectivity index (χ0n) is 11.8. The number of aromatic nitrogens is 2. The topological polar surface area (TPSA) is 76.1 Å². The first-order valence-electron chi connectivity index (χ1n) is 6.52. The van der Waals surface area contributed by atoms with Crippen LogP contribution in [-0.4, -0.2) is 36.1 Å². The van der Waals surface area contributed by atoms with E-state index < -0.39 is 0 Å². The standard InChI is InChI=1S/C13H18N4O2S/c1-4-8-6-9-11(15-7-10(18)19-3)16-13(14-5-2)17-12(9)20-8/h6H,4-5,7H2,1-3H3,(H2,14,15,16,17). The first-order valence-corrected chi connectivity index (χ1v) is 7.34. The first kappa shape index (κ1) is 14.5. The summed E-state index contributed by atoms with van der Waals surface area (Å²) in [5.41, 5.74) is 0. The molecule has 0 aliphatic carbocycles. The monoisotopic (exact) mass is 294 g/mol. The molecular formula is C13H18N4O2S. The van der Waals surface area contributed by atoms with Gasteiger partial charge < -0.3 is 15.4 Å². The Kier molecular flexibility index (Phi) is 4.73. The molecular weight excluding hydrogens is 276 g/mol. The second-order valence-corrected chi connectivity index (χ2v) is 5.26. The molecule has 0 radical (unpaired) electrons. The predicted octanol–water partition coefficient (Wildman–Crippen LogP) is 2.27. The number of methoxy groups -OCH3 is 1. The van der Waals surface area contributed by atoms with Gasteiger partial charge in [-0.25, -0.2) is 4.98 Å². The van der Waals surface area contributed by atoms with E-state index in [1.165, 1.54) is 12.0 Å². The molecule has 6 nitrogen and oxygen atoms in total. The van der Waals surface area contributed by atoms with E-state index in [1.54, 1.807) is 11.3 Å². The van der Waals surface area contributed by atoms with Gasteiger partial charge in [-0.3, -0.25) is 4.79 Å². The van der Waals surface area contributed by atoms with E-state index in [-0.39, 0.29) is 12.5 Å². The van der Waals surface area contributed by atoms with Crippen molar-refractivity contribution in [2.24, 2.45) is 0 Å². The van der Waals surface area contributed by atoms with Crippen LogP contribution in [0.4, 0.5) is 11.8 Å². The maximum absolute atomic E-state index is 11.3. The highest BCUT2D eigenvalue weighted by atomic mass is 32.1. The summed E-state index contributed by atoms with van der Waals surface area (Å²) in [6.45, 7) is 4.92. The summed E-state index contributed by atoms with van der Waals surface area (Å²) in [5, 5.41) is 7.05. The molecule has 0 atom stereocenters. The van der Waals surface area contributed by atoms with Crippen molar-refractivity contribution in [3.8, 4) is 0 Å². The summed E-state index contributed by atoms with van der Waals surface area (Å²) in [4.78, 5) is 22.3. The molecule has 2 heterocycles. The van der Waals surface area contributed by atoms with Gasteiger partial charge in [0.15, 0.2) is 0 Å². The van der Waals surface area contributed by atoms with Crippen LogP contribution in [0.25, 0.3) is 10.2 Å². The molecule has 20 heavy (non-hydrogen) atoms. The molecule has 0 unspecified atom stereocenters. The van der Waals surface area contributed by atoms with Crippen LogP contribution in [-0.2, 0) is 16.0 Å². The summed E-state index contributed by atoms with van der Waals surface area (Å²) < 4.78 is 4.63. The van der Waals surface area contributed by atoms with Crippen LogP contribution < -0.4 is 10.6 Å². The van der Waals surface area contributed by atoms with E-state index >= 15 is 0 Å². The Morgan fingerprint density at radius 1 is 1.35 bits per heavy atom. The van der Waals surface area contributed by atoms with Gasteiger partial charge in [-0.15, -0.1) is 11.3 Å². The fraction of sp³-hybridized carbons (Fsp3) is 0.462. The fourth-order valence-electron chi connectivity index (χ4n) is 1.75. The van der Waals surface area contributed by atoms with Crippen LogP contribution in [0.3, 0.4) is 0 Å². The van der Waals surface area contributed by atoms with Crippen LogP contribution in [0.15, 0.2) is 6.07 Å². The summed E-state index contributed by atoms with van der Waals surface area (Å²) in [6, 6.07) is 2.06. The molecule has 0 fully saturated rings. The minimum absolute atomic E-state index is 0.0888. The Morgan fingerprint density at radius 2 is 2.15 bits per heavy atom. The highest BCUT2D eigenvalue weighted by Gasteiger charge is 2.12. The van der Waals surface area contributed by atoms with Gasteiger partial charge in [-0.2, -0.15) is 4.98 Å². The Morgan fingerprint density at radius 3 is 2.80 bits per heavy atom. The fourth-order valence-corrected chi connectivity index (χ4v) is 2.71. The van der Waals surface area contributed by atoms with Crippen molar-refractivity contribution in [1.82, 2.24) is 9.97 Å². The summed E-state index contributed by atoms with van der Waals surface area (Å²) >= 11 is 1.64. The van der Waals surface area contributed by atoms with Crippen molar-refractivity contribution in [1.29, 1.82) is 0 Å². The van der Waals surface area contributed by atoms with E-state index in [2.05, 4.69) is 38.3 Å². The van der Waals surface area contributed by atoms with Crippen molar-refractivity contribution in [2.45, 2.75) is 20.3 Å². The van der Waals surface area contributed by atoms with Gasteiger partial charge in [-0.05, 0) is 19.4 Å². The molecule has 7 heteroatoms. The number of esters is 1. The van der Waals surface area contributed by atoms with Crippen molar-refractivity contribution in [2.75, 3.05) is 30.8 Å². The molecule has 0 spiro atoms. The zero-order chi connectivity index (χ0) is 14.5. The molecule has 0 bridgehead atoms. The molecule has 0 aliphatic heterocycles. The first-order chi connectivity index (χ1) is 9.67. The molecule has 2 N–H and O–H groups in total. The van der Waals surface area contributed by atoms with Crippen LogP contribution in [0.2, 0.25) is 0 Å². The minimum atomic E-state index is -0.326. The largest absolute Gasteiger partial charge is 0.468 e. The number of ether oxygens (including phenoxy) is 1. The molecule has 0 aliphatic rings. The number of nitrogens with zero attached hydrogens (tertiary/aromatic N) is 2. The smallest absolute Gasteiger partial charge is 0.325 e. The number of rotatable bonds is 6. The summed E-state index contributed by atoms with van der Waals surface area (Å²) in [7, 11) is 1.36. The number of hydrogen-bond acceptors (Lipinski definition) is 7. The highest BCUT2D eigenvalue weighted by molar-refractivity contribution is 7.18. The van der Waals surface area contributed by atoms with Gasteiger partial charge in [0.2, 0.25) is 5.95 Å². The Bertz CT molecular complexity index is 612. The number of aryl methyl sites for hydroxylation is 1. The van der Waals surface area contributed by atoms with E-state index in [1.807, 2.05) is 6.92 Å². The van der Waals surface area contributed by atoms with E-state index in [4.69, 9.17) is 0 Å². The number of hydrogen-bond donors (Lipinski definition) is 2. The molecule has 0 aromatic carbocycles. The van der Waals surface area contributed by atoms with Gasteiger partial charge in [0.25, 0.3) is 0 Å². The van der Waals surface area contributed by atoms with Crippen molar-refractivity contribution < 1.29 is 9.53 Å². The molecule has 0 saturated heterocycles. The van der Waals surface area contributed by atoms with E-state index in [9.17, 15) is 4.79 Å². The quantitative estimate of drug-likeness (QED) is 0.796. The second kappa shape index (κ2) is 6.51. The van der Waals surface area contributed by atoms with Gasteiger partial charge in [0.05, 0.1) is 12.5 Å². The van der Waals surface area contributed by atoms with E-state index in [0.29, 0.717) is 11.8 Å².